The number of carbonyl (C=O) groups is 1. The van der Waals surface area contributed by atoms with Crippen LogP contribution in [0.25, 0.3) is 4.85 Å². The second-order valence-electron chi connectivity index (χ2n) is 7.16. The van der Waals surface area contributed by atoms with Gasteiger partial charge in [0.1, 0.15) is 0 Å². The number of fused-ring (bicyclic) bond motifs is 1. The first kappa shape index (κ1) is 21.2. The summed E-state index contributed by atoms with van der Waals surface area (Å²) in [5, 5.41) is 0. The number of amides is 1. The van der Waals surface area contributed by atoms with Gasteiger partial charge in [-0.15, -0.1) is 0 Å². The molecular formula is C23H18BrN3O3S. The first-order valence-corrected chi connectivity index (χ1v) is 11.8. The minimum atomic E-state index is -3.76. The molecule has 4 rings (SSSR count). The van der Waals surface area contributed by atoms with Gasteiger partial charge in [-0.3, -0.25) is 4.79 Å². The van der Waals surface area contributed by atoms with Crippen molar-refractivity contribution >= 4 is 43.2 Å². The molecule has 1 atom stereocenters. The van der Waals surface area contributed by atoms with Crippen LogP contribution in [0, 0.1) is 6.57 Å². The summed E-state index contributed by atoms with van der Waals surface area (Å²) in [6.07, 6.45) is 0.363. The standard InChI is InChI=1S/C23H18BrN3O3S/c1-25-18-12-17-13-19(26-31(29,30)20-10-6-3-7-11-20)15-27(22(17)21(24)14-18)23(28)16-8-4-2-5-9-16/h2-12,14,19,26H,13,15H2. The minimum absolute atomic E-state index is 0.165. The quantitative estimate of drug-likeness (QED) is 0.539. The van der Waals surface area contributed by atoms with Crippen LogP contribution < -0.4 is 9.62 Å². The number of hydrogen-bond acceptors (Lipinski definition) is 3. The van der Waals surface area contributed by atoms with Gasteiger partial charge in [0.05, 0.1) is 17.2 Å². The Kier molecular flexibility index (Phi) is 5.92. The molecule has 0 saturated heterocycles. The molecule has 0 aliphatic carbocycles. The molecule has 3 aromatic carbocycles. The number of rotatable bonds is 4. The van der Waals surface area contributed by atoms with Crippen LogP contribution in [0.4, 0.5) is 11.4 Å². The molecule has 1 N–H and O–H groups in total. The second kappa shape index (κ2) is 8.63. The Morgan fingerprint density at radius 1 is 1.06 bits per heavy atom. The number of sulfonamides is 1. The van der Waals surface area contributed by atoms with E-state index >= 15 is 0 Å². The zero-order valence-electron chi connectivity index (χ0n) is 16.3. The van der Waals surface area contributed by atoms with Gasteiger partial charge in [0.15, 0.2) is 5.69 Å². The fraction of sp³-hybridized carbons (Fsp3) is 0.130. The molecular weight excluding hydrogens is 478 g/mol. The van der Waals surface area contributed by atoms with E-state index in [1.54, 1.807) is 59.5 Å². The topological polar surface area (TPSA) is 70.8 Å². The third kappa shape index (κ3) is 4.39. The maximum atomic E-state index is 13.3. The highest BCUT2D eigenvalue weighted by molar-refractivity contribution is 9.10. The summed E-state index contributed by atoms with van der Waals surface area (Å²) in [5.74, 6) is -0.235. The monoisotopic (exact) mass is 495 g/mol. The molecule has 8 heteroatoms. The van der Waals surface area contributed by atoms with Crippen molar-refractivity contribution in [2.75, 3.05) is 11.4 Å². The van der Waals surface area contributed by atoms with Crippen LogP contribution in [0.3, 0.4) is 0 Å². The molecule has 6 nitrogen and oxygen atoms in total. The van der Waals surface area contributed by atoms with Crippen molar-refractivity contribution < 1.29 is 13.2 Å². The van der Waals surface area contributed by atoms with Crippen molar-refractivity contribution in [2.45, 2.75) is 17.4 Å². The van der Waals surface area contributed by atoms with E-state index in [2.05, 4.69) is 25.5 Å². The lowest BCUT2D eigenvalue weighted by Crippen LogP contribution is -2.50. The minimum Gasteiger partial charge on any atom is -0.305 e. The number of benzene rings is 3. The lowest BCUT2D eigenvalue weighted by atomic mass is 9.97. The van der Waals surface area contributed by atoms with E-state index in [4.69, 9.17) is 6.57 Å². The summed E-state index contributed by atoms with van der Waals surface area (Å²) >= 11 is 3.50. The zero-order valence-corrected chi connectivity index (χ0v) is 18.7. The average Bonchev–Trinajstić information content (AvgIpc) is 2.78. The lowest BCUT2D eigenvalue weighted by Gasteiger charge is -2.36. The molecule has 31 heavy (non-hydrogen) atoms. The predicted octanol–water partition coefficient (Wildman–Crippen LogP) is 4.55. The highest BCUT2D eigenvalue weighted by Gasteiger charge is 2.33. The fourth-order valence-electron chi connectivity index (χ4n) is 3.69. The Labute approximate surface area is 189 Å². The van der Waals surface area contributed by atoms with Crippen molar-refractivity contribution in [2.24, 2.45) is 0 Å². The zero-order chi connectivity index (χ0) is 22.0. The van der Waals surface area contributed by atoms with Gasteiger partial charge in [-0.05, 0) is 58.2 Å². The first-order valence-electron chi connectivity index (χ1n) is 9.53. The Balaban J connectivity index is 1.74. The Morgan fingerprint density at radius 2 is 1.71 bits per heavy atom. The van der Waals surface area contributed by atoms with Gasteiger partial charge in [-0.2, -0.15) is 0 Å². The molecule has 1 unspecified atom stereocenters. The molecule has 1 heterocycles. The van der Waals surface area contributed by atoms with Gasteiger partial charge in [0.25, 0.3) is 5.91 Å². The maximum absolute atomic E-state index is 13.3. The van der Waals surface area contributed by atoms with E-state index in [1.165, 1.54) is 12.1 Å². The first-order chi connectivity index (χ1) is 14.9. The number of nitrogens with zero attached hydrogens (tertiary/aromatic N) is 2. The molecule has 0 fully saturated rings. The molecule has 0 radical (unpaired) electrons. The van der Waals surface area contributed by atoms with E-state index in [9.17, 15) is 13.2 Å². The molecule has 1 aliphatic rings. The van der Waals surface area contributed by atoms with Crippen molar-refractivity contribution in [3.05, 3.63) is 99.8 Å². The summed E-state index contributed by atoms with van der Waals surface area (Å²) in [6.45, 7) is 7.52. The Morgan fingerprint density at radius 3 is 2.35 bits per heavy atom. The van der Waals surface area contributed by atoms with Crippen LogP contribution in [0.1, 0.15) is 15.9 Å². The molecule has 1 amide bonds. The van der Waals surface area contributed by atoms with Crippen LogP contribution in [0.5, 0.6) is 0 Å². The number of halogens is 1. The summed E-state index contributed by atoms with van der Waals surface area (Å²) in [6, 6.07) is 19.8. The van der Waals surface area contributed by atoms with Crippen LogP contribution in [0.15, 0.2) is 82.2 Å². The molecule has 0 saturated carbocycles. The van der Waals surface area contributed by atoms with Crippen molar-refractivity contribution in [1.29, 1.82) is 0 Å². The third-order valence-electron chi connectivity index (χ3n) is 5.04. The van der Waals surface area contributed by atoms with Gasteiger partial charge in [-0.1, -0.05) is 42.5 Å². The number of nitrogens with one attached hydrogen (secondary N) is 1. The van der Waals surface area contributed by atoms with Gasteiger partial charge >= 0.3 is 0 Å². The summed E-state index contributed by atoms with van der Waals surface area (Å²) in [4.78, 5) is 18.5. The molecule has 0 spiro atoms. The normalized spacial score (nSPS) is 15.7. The summed E-state index contributed by atoms with van der Waals surface area (Å²) in [5.41, 5.74) is 2.32. The van der Waals surface area contributed by atoms with E-state index < -0.39 is 16.1 Å². The Bertz CT molecular complexity index is 1270. The largest absolute Gasteiger partial charge is 0.305 e. The van der Waals surface area contributed by atoms with Gasteiger partial charge < -0.3 is 4.90 Å². The number of anilines is 1. The predicted molar refractivity (Wildman–Crippen MR) is 123 cm³/mol. The van der Waals surface area contributed by atoms with Gasteiger partial charge in [0.2, 0.25) is 10.0 Å². The van der Waals surface area contributed by atoms with E-state index in [-0.39, 0.29) is 17.3 Å². The third-order valence-corrected chi connectivity index (χ3v) is 7.18. The van der Waals surface area contributed by atoms with Crippen LogP contribution >= 0.6 is 15.9 Å². The molecule has 156 valence electrons. The maximum Gasteiger partial charge on any atom is 0.258 e. The van der Waals surface area contributed by atoms with Crippen LogP contribution in [-0.4, -0.2) is 26.9 Å². The fourth-order valence-corrected chi connectivity index (χ4v) is 5.64. The van der Waals surface area contributed by atoms with Crippen LogP contribution in [0.2, 0.25) is 0 Å². The van der Waals surface area contributed by atoms with Gasteiger partial charge in [0, 0.05) is 22.6 Å². The number of carbonyl (C=O) groups excluding carboxylic acids is 1. The number of hydrogen-bond donors (Lipinski definition) is 1. The lowest BCUT2D eigenvalue weighted by molar-refractivity contribution is 0.0982. The molecule has 0 bridgehead atoms. The highest BCUT2D eigenvalue weighted by Crippen LogP contribution is 2.39. The second-order valence-corrected chi connectivity index (χ2v) is 9.73. The Hall–Kier alpha value is -2.99. The van der Waals surface area contributed by atoms with Crippen molar-refractivity contribution in [1.82, 2.24) is 4.72 Å². The van der Waals surface area contributed by atoms with Crippen molar-refractivity contribution in [3.8, 4) is 0 Å². The van der Waals surface area contributed by atoms with E-state index in [0.29, 0.717) is 27.8 Å². The van der Waals surface area contributed by atoms with E-state index in [1.807, 2.05) is 6.07 Å². The molecule has 0 aromatic heterocycles. The summed E-state index contributed by atoms with van der Waals surface area (Å²) < 4.78 is 29.1. The average molecular weight is 496 g/mol. The highest BCUT2D eigenvalue weighted by atomic mass is 79.9. The molecule has 1 aliphatic heterocycles. The molecule has 3 aromatic rings. The summed E-state index contributed by atoms with van der Waals surface area (Å²) in [7, 11) is -3.76. The van der Waals surface area contributed by atoms with E-state index in [0.717, 1.165) is 5.56 Å². The van der Waals surface area contributed by atoms with Gasteiger partial charge in [-0.25, -0.2) is 18.0 Å². The smallest absolute Gasteiger partial charge is 0.258 e. The van der Waals surface area contributed by atoms with Crippen molar-refractivity contribution in [3.63, 3.8) is 0 Å². The SMILES string of the molecule is [C-]#[N+]c1cc(Br)c2c(c1)CC(NS(=O)(=O)c1ccccc1)CN2C(=O)c1ccccc1. The van der Waals surface area contributed by atoms with Crippen LogP contribution in [-0.2, 0) is 16.4 Å².